The van der Waals surface area contributed by atoms with Gasteiger partial charge in [0, 0.05) is 5.31 Å². The van der Waals surface area contributed by atoms with Gasteiger partial charge >= 0.3 is 8.38 Å². The van der Waals surface area contributed by atoms with Gasteiger partial charge in [-0.25, -0.2) is 0 Å². The lowest BCUT2D eigenvalue weighted by atomic mass is 9.97. The van der Waals surface area contributed by atoms with Gasteiger partial charge in [-0.1, -0.05) is 68.2 Å². The second-order valence-electron chi connectivity index (χ2n) is 9.07. The van der Waals surface area contributed by atoms with Crippen LogP contribution >= 0.6 is 8.38 Å². The standard InChI is InChI=1S/C27H33O2P/c1-2-12-21(11-1)24-17-7-9-19-26(24)28-30(23-15-5-6-16-23)29-27-20-10-8-18-25(27)22-13-3-4-14-22/h7-10,15,17-22H,1-6,11-14,16H2. The molecule has 30 heavy (non-hydrogen) atoms. The molecule has 0 unspecified atom stereocenters. The van der Waals surface area contributed by atoms with Gasteiger partial charge in [-0.3, -0.25) is 0 Å². The minimum atomic E-state index is -1.11. The average Bonchev–Trinajstić information content (AvgIpc) is 3.58. The van der Waals surface area contributed by atoms with E-state index in [0.29, 0.717) is 11.8 Å². The molecule has 3 aliphatic carbocycles. The maximum Gasteiger partial charge on any atom is 0.321 e. The predicted molar refractivity (Wildman–Crippen MR) is 125 cm³/mol. The number of hydrogen-bond acceptors (Lipinski definition) is 2. The molecule has 0 radical (unpaired) electrons. The molecule has 0 spiro atoms. The fraction of sp³-hybridized carbons (Fsp3) is 0.481. The molecule has 2 fully saturated rings. The fourth-order valence-corrected chi connectivity index (χ4v) is 6.99. The fourth-order valence-electron chi connectivity index (χ4n) is 5.41. The van der Waals surface area contributed by atoms with Crippen molar-refractivity contribution in [2.24, 2.45) is 0 Å². The Balaban J connectivity index is 1.42. The molecular formula is C27H33O2P. The van der Waals surface area contributed by atoms with E-state index in [1.807, 2.05) is 0 Å². The minimum Gasteiger partial charge on any atom is -0.435 e. The molecule has 0 atom stereocenters. The van der Waals surface area contributed by atoms with Gasteiger partial charge in [-0.05, 0) is 80.0 Å². The van der Waals surface area contributed by atoms with E-state index in [0.717, 1.165) is 24.3 Å². The zero-order valence-electron chi connectivity index (χ0n) is 17.9. The molecule has 0 amide bonds. The van der Waals surface area contributed by atoms with Crippen molar-refractivity contribution in [2.75, 3.05) is 0 Å². The summed E-state index contributed by atoms with van der Waals surface area (Å²) in [6, 6.07) is 17.4. The minimum absolute atomic E-state index is 0.640. The second-order valence-corrected chi connectivity index (χ2v) is 10.5. The summed E-state index contributed by atoms with van der Waals surface area (Å²) in [4.78, 5) is 0. The first-order valence-corrected chi connectivity index (χ1v) is 13.1. The lowest BCUT2D eigenvalue weighted by Gasteiger charge is -2.24. The van der Waals surface area contributed by atoms with E-state index in [-0.39, 0.29) is 0 Å². The van der Waals surface area contributed by atoms with Crippen molar-refractivity contribution in [3.05, 3.63) is 71.0 Å². The molecule has 3 heteroatoms. The third kappa shape index (κ3) is 4.45. The molecule has 0 aromatic heterocycles. The smallest absolute Gasteiger partial charge is 0.321 e. The van der Waals surface area contributed by atoms with Crippen molar-refractivity contribution >= 4 is 8.38 Å². The SMILES string of the molecule is C1=C(P(Oc2ccccc2C2CCCC2)Oc2ccccc2C2CCCC2)CCC1. The zero-order valence-corrected chi connectivity index (χ0v) is 18.8. The molecule has 2 nitrogen and oxygen atoms in total. The highest BCUT2D eigenvalue weighted by Crippen LogP contribution is 2.54. The van der Waals surface area contributed by atoms with E-state index in [2.05, 4.69) is 54.6 Å². The Hall–Kier alpha value is -1.79. The van der Waals surface area contributed by atoms with Gasteiger partial charge in [0.05, 0.1) is 0 Å². The monoisotopic (exact) mass is 420 g/mol. The van der Waals surface area contributed by atoms with Gasteiger partial charge in [0.15, 0.2) is 0 Å². The molecule has 5 rings (SSSR count). The van der Waals surface area contributed by atoms with Crippen LogP contribution in [0.2, 0.25) is 0 Å². The summed E-state index contributed by atoms with van der Waals surface area (Å²) >= 11 is 0. The Labute approximate surface area is 182 Å². The molecular weight excluding hydrogens is 387 g/mol. The average molecular weight is 421 g/mol. The molecule has 158 valence electrons. The number of para-hydroxylation sites is 2. The Morgan fingerprint density at radius 1 is 0.633 bits per heavy atom. The Bertz CT molecular complexity index is 816. The predicted octanol–water partition coefficient (Wildman–Crippen LogP) is 8.84. The summed E-state index contributed by atoms with van der Waals surface area (Å²) in [5.74, 6) is 3.37. The van der Waals surface area contributed by atoms with E-state index < -0.39 is 8.38 Å². The highest BCUT2D eigenvalue weighted by Gasteiger charge is 2.29. The summed E-state index contributed by atoms with van der Waals surface area (Å²) in [6.07, 6.45) is 16.3. The van der Waals surface area contributed by atoms with Crippen LogP contribution in [0, 0.1) is 0 Å². The summed E-state index contributed by atoms with van der Waals surface area (Å²) < 4.78 is 13.5. The van der Waals surface area contributed by atoms with Crippen LogP contribution in [0.1, 0.15) is 93.6 Å². The highest BCUT2D eigenvalue weighted by atomic mass is 31.2. The van der Waals surface area contributed by atoms with Crippen molar-refractivity contribution in [3.8, 4) is 11.5 Å². The van der Waals surface area contributed by atoms with Crippen molar-refractivity contribution in [1.29, 1.82) is 0 Å². The van der Waals surface area contributed by atoms with E-state index in [9.17, 15) is 0 Å². The molecule has 2 aromatic rings. The van der Waals surface area contributed by atoms with Crippen LogP contribution < -0.4 is 9.05 Å². The van der Waals surface area contributed by atoms with Crippen LogP contribution in [0.4, 0.5) is 0 Å². The molecule has 0 bridgehead atoms. The van der Waals surface area contributed by atoms with Crippen molar-refractivity contribution in [2.45, 2.75) is 82.5 Å². The third-order valence-electron chi connectivity index (χ3n) is 7.04. The quantitative estimate of drug-likeness (QED) is 0.417. The molecule has 0 N–H and O–H groups in total. The Morgan fingerprint density at radius 3 is 1.60 bits per heavy atom. The third-order valence-corrected chi connectivity index (χ3v) is 8.64. The lowest BCUT2D eigenvalue weighted by Crippen LogP contribution is -2.04. The molecule has 0 aliphatic heterocycles. The Kier molecular flexibility index (Phi) is 6.42. The maximum atomic E-state index is 6.74. The highest BCUT2D eigenvalue weighted by molar-refractivity contribution is 7.52. The van der Waals surface area contributed by atoms with Crippen molar-refractivity contribution < 1.29 is 9.05 Å². The van der Waals surface area contributed by atoms with E-state index in [1.165, 1.54) is 74.2 Å². The van der Waals surface area contributed by atoms with Crippen LogP contribution in [0.25, 0.3) is 0 Å². The van der Waals surface area contributed by atoms with Gasteiger partial charge < -0.3 is 9.05 Å². The van der Waals surface area contributed by atoms with Crippen LogP contribution in [0.15, 0.2) is 59.9 Å². The van der Waals surface area contributed by atoms with E-state index >= 15 is 0 Å². The molecule has 0 heterocycles. The van der Waals surface area contributed by atoms with Crippen molar-refractivity contribution in [3.63, 3.8) is 0 Å². The van der Waals surface area contributed by atoms with Crippen LogP contribution in [0.3, 0.4) is 0 Å². The topological polar surface area (TPSA) is 18.5 Å². The van der Waals surface area contributed by atoms with Crippen LogP contribution in [-0.2, 0) is 0 Å². The van der Waals surface area contributed by atoms with Gasteiger partial charge in [-0.15, -0.1) is 0 Å². The largest absolute Gasteiger partial charge is 0.435 e. The second kappa shape index (κ2) is 9.56. The summed E-state index contributed by atoms with van der Waals surface area (Å²) in [5.41, 5.74) is 2.77. The van der Waals surface area contributed by atoms with Crippen LogP contribution in [0.5, 0.6) is 11.5 Å². The number of rotatable bonds is 7. The van der Waals surface area contributed by atoms with E-state index in [1.54, 1.807) is 0 Å². The first kappa shape index (κ1) is 20.1. The maximum absolute atomic E-state index is 6.74. The number of hydrogen-bond donors (Lipinski definition) is 0. The van der Waals surface area contributed by atoms with Crippen LogP contribution in [-0.4, -0.2) is 0 Å². The summed E-state index contributed by atoms with van der Waals surface area (Å²) in [6.45, 7) is 0. The number of benzene rings is 2. The molecule has 3 aliphatic rings. The molecule has 2 aromatic carbocycles. The zero-order chi connectivity index (χ0) is 20.2. The van der Waals surface area contributed by atoms with Gasteiger partial charge in [0.1, 0.15) is 11.5 Å². The molecule has 0 saturated heterocycles. The van der Waals surface area contributed by atoms with E-state index in [4.69, 9.17) is 9.05 Å². The first-order valence-electron chi connectivity index (χ1n) is 11.9. The summed E-state index contributed by atoms with van der Waals surface area (Å²) in [7, 11) is -1.11. The van der Waals surface area contributed by atoms with Crippen molar-refractivity contribution in [1.82, 2.24) is 0 Å². The first-order chi connectivity index (χ1) is 14.9. The summed E-state index contributed by atoms with van der Waals surface area (Å²) in [5, 5.41) is 1.37. The lowest BCUT2D eigenvalue weighted by molar-refractivity contribution is 0.481. The Morgan fingerprint density at radius 2 is 1.13 bits per heavy atom. The molecule has 2 saturated carbocycles. The van der Waals surface area contributed by atoms with Gasteiger partial charge in [0.2, 0.25) is 0 Å². The normalized spacial score (nSPS) is 20.1. The number of allylic oxidation sites excluding steroid dienone is 2. The van der Waals surface area contributed by atoms with Gasteiger partial charge in [0.25, 0.3) is 0 Å². The van der Waals surface area contributed by atoms with Gasteiger partial charge in [-0.2, -0.15) is 0 Å².